The Morgan fingerprint density at radius 3 is 2.14 bits per heavy atom. The van der Waals surface area contributed by atoms with Crippen LogP contribution in [0.4, 0.5) is 0 Å². The van der Waals surface area contributed by atoms with E-state index in [4.69, 9.17) is 13.3 Å². The molecule has 126 valence electrons. The van der Waals surface area contributed by atoms with Gasteiger partial charge in [0, 0.05) is 44.2 Å². The first-order valence-electron chi connectivity index (χ1n) is 7.70. The highest BCUT2D eigenvalue weighted by molar-refractivity contribution is 6.60. The number of hydrogen-bond acceptors (Lipinski definition) is 5. The maximum atomic E-state index is 11.7. The van der Waals surface area contributed by atoms with Gasteiger partial charge < -0.3 is 17.8 Å². The molecule has 0 aliphatic heterocycles. The van der Waals surface area contributed by atoms with E-state index in [1.165, 1.54) is 4.57 Å². The molecule has 0 unspecified atom stereocenters. The molecule has 0 saturated heterocycles. The highest BCUT2D eigenvalue weighted by atomic mass is 28.4. The normalized spacial score (nSPS) is 11.8. The molecular formula is C14H26N2O5Si. The standard InChI is InChI=1S/C14H26N2O5Si/c1-5-19-22(20-6-2,21-7-3)10-8-9-16-11-12(4)13(17)15-14(16)18/h11H,5-10H2,1-4H3,(H,15,17,18). The predicted molar refractivity (Wildman–Crippen MR) is 86.1 cm³/mol. The quantitative estimate of drug-likeness (QED) is 0.654. The van der Waals surface area contributed by atoms with E-state index in [0.29, 0.717) is 44.4 Å². The number of hydrogen-bond donors (Lipinski definition) is 1. The summed E-state index contributed by atoms with van der Waals surface area (Å²) in [7, 11) is -2.68. The third-order valence-electron chi connectivity index (χ3n) is 3.16. The summed E-state index contributed by atoms with van der Waals surface area (Å²) in [5, 5.41) is 0. The average molecular weight is 330 g/mol. The highest BCUT2D eigenvalue weighted by Gasteiger charge is 2.39. The fraction of sp³-hybridized carbons (Fsp3) is 0.714. The monoisotopic (exact) mass is 330 g/mol. The van der Waals surface area contributed by atoms with E-state index in [1.54, 1.807) is 13.1 Å². The van der Waals surface area contributed by atoms with E-state index >= 15 is 0 Å². The van der Waals surface area contributed by atoms with Gasteiger partial charge in [0.2, 0.25) is 0 Å². The minimum atomic E-state index is -2.68. The Hall–Kier alpha value is -1.22. The van der Waals surface area contributed by atoms with E-state index < -0.39 is 14.5 Å². The van der Waals surface area contributed by atoms with Crippen LogP contribution in [0.5, 0.6) is 0 Å². The summed E-state index contributed by atoms with van der Waals surface area (Å²) in [6.07, 6.45) is 2.25. The third-order valence-corrected chi connectivity index (χ3v) is 6.32. The molecule has 0 aromatic carbocycles. The van der Waals surface area contributed by atoms with Crippen molar-refractivity contribution in [1.29, 1.82) is 0 Å². The Morgan fingerprint density at radius 1 is 1.09 bits per heavy atom. The summed E-state index contributed by atoms with van der Waals surface area (Å²) in [5.74, 6) is 0. The van der Waals surface area contributed by atoms with Crippen LogP contribution in [0.3, 0.4) is 0 Å². The molecule has 8 heteroatoms. The van der Waals surface area contributed by atoms with Gasteiger partial charge in [0.25, 0.3) is 5.56 Å². The van der Waals surface area contributed by atoms with Crippen molar-refractivity contribution in [2.24, 2.45) is 0 Å². The van der Waals surface area contributed by atoms with Crippen LogP contribution in [0.2, 0.25) is 6.04 Å². The van der Waals surface area contributed by atoms with Gasteiger partial charge in [-0.05, 0) is 34.1 Å². The second-order valence-electron chi connectivity index (χ2n) is 4.85. The Morgan fingerprint density at radius 2 is 1.64 bits per heavy atom. The van der Waals surface area contributed by atoms with Gasteiger partial charge in [-0.15, -0.1) is 0 Å². The van der Waals surface area contributed by atoms with Gasteiger partial charge in [0.05, 0.1) is 0 Å². The number of aryl methyl sites for hydroxylation is 2. The third kappa shape index (κ3) is 5.20. The van der Waals surface area contributed by atoms with Gasteiger partial charge in [0.15, 0.2) is 0 Å². The van der Waals surface area contributed by atoms with Gasteiger partial charge in [-0.3, -0.25) is 9.78 Å². The van der Waals surface area contributed by atoms with E-state index in [1.807, 2.05) is 20.8 Å². The van der Waals surface area contributed by atoms with Crippen molar-refractivity contribution < 1.29 is 13.3 Å². The van der Waals surface area contributed by atoms with Crippen molar-refractivity contribution >= 4 is 8.80 Å². The molecule has 0 aliphatic carbocycles. The average Bonchev–Trinajstić information content (AvgIpc) is 2.45. The molecule has 0 spiro atoms. The van der Waals surface area contributed by atoms with E-state index in [2.05, 4.69) is 4.98 Å². The van der Waals surface area contributed by atoms with Crippen molar-refractivity contribution in [3.8, 4) is 0 Å². The van der Waals surface area contributed by atoms with Crippen LogP contribution in [0.15, 0.2) is 15.8 Å². The van der Waals surface area contributed by atoms with Crippen molar-refractivity contribution in [2.45, 2.75) is 46.7 Å². The Bertz CT molecular complexity index is 552. The topological polar surface area (TPSA) is 82.6 Å². The van der Waals surface area contributed by atoms with Crippen molar-refractivity contribution in [2.75, 3.05) is 19.8 Å². The van der Waals surface area contributed by atoms with Gasteiger partial charge in [-0.25, -0.2) is 4.79 Å². The Balaban J connectivity index is 2.75. The smallest absolute Gasteiger partial charge is 0.374 e. The lowest BCUT2D eigenvalue weighted by Crippen LogP contribution is -2.46. The SMILES string of the molecule is CCO[Si](CCCn1cc(C)c(=O)[nH]c1=O)(OCC)OCC. The fourth-order valence-corrected chi connectivity index (χ4v) is 4.85. The number of aromatic nitrogens is 2. The molecule has 1 aromatic heterocycles. The molecule has 1 rings (SSSR count). The Labute approximate surface area is 131 Å². The lowest BCUT2D eigenvalue weighted by Gasteiger charge is -2.28. The molecular weight excluding hydrogens is 304 g/mol. The summed E-state index contributed by atoms with van der Waals surface area (Å²) in [5.41, 5.74) is -0.224. The molecule has 0 aliphatic rings. The maximum Gasteiger partial charge on any atom is 0.500 e. The van der Waals surface area contributed by atoms with Crippen LogP contribution < -0.4 is 11.2 Å². The number of aromatic amines is 1. The second-order valence-corrected chi connectivity index (χ2v) is 7.58. The van der Waals surface area contributed by atoms with Crippen LogP contribution in [0.25, 0.3) is 0 Å². The number of rotatable bonds is 10. The number of nitrogens with zero attached hydrogens (tertiary/aromatic N) is 1. The molecule has 1 N–H and O–H groups in total. The molecule has 0 saturated carbocycles. The first kappa shape index (κ1) is 18.8. The second kappa shape index (κ2) is 9.04. The summed E-state index contributed by atoms with van der Waals surface area (Å²) < 4.78 is 18.8. The first-order valence-corrected chi connectivity index (χ1v) is 9.63. The van der Waals surface area contributed by atoms with Crippen molar-refractivity contribution in [3.63, 3.8) is 0 Å². The van der Waals surface area contributed by atoms with Crippen LogP contribution >= 0.6 is 0 Å². The summed E-state index contributed by atoms with van der Waals surface area (Å²) in [4.78, 5) is 25.4. The van der Waals surface area contributed by atoms with Crippen molar-refractivity contribution in [3.05, 3.63) is 32.6 Å². The molecule has 1 aromatic rings. The van der Waals surface area contributed by atoms with Crippen molar-refractivity contribution in [1.82, 2.24) is 9.55 Å². The van der Waals surface area contributed by atoms with Gasteiger partial charge in [0.1, 0.15) is 0 Å². The molecule has 0 atom stereocenters. The lowest BCUT2D eigenvalue weighted by molar-refractivity contribution is 0.0705. The van der Waals surface area contributed by atoms with Gasteiger partial charge >= 0.3 is 14.5 Å². The lowest BCUT2D eigenvalue weighted by atomic mass is 10.4. The number of H-pyrrole nitrogens is 1. The largest absolute Gasteiger partial charge is 0.500 e. The van der Waals surface area contributed by atoms with Gasteiger partial charge in [-0.1, -0.05) is 0 Å². The van der Waals surface area contributed by atoms with E-state index in [9.17, 15) is 9.59 Å². The summed E-state index contributed by atoms with van der Waals surface area (Å²) in [6.45, 7) is 9.49. The summed E-state index contributed by atoms with van der Waals surface area (Å²) >= 11 is 0. The zero-order chi connectivity index (χ0) is 16.6. The minimum absolute atomic E-state index is 0.345. The summed E-state index contributed by atoms with van der Waals surface area (Å²) in [6, 6.07) is 0.632. The van der Waals surface area contributed by atoms with Crippen LogP contribution in [-0.2, 0) is 19.8 Å². The Kier molecular flexibility index (Phi) is 7.73. The zero-order valence-corrected chi connectivity index (χ0v) is 14.8. The molecule has 0 amide bonds. The first-order chi connectivity index (χ1) is 10.5. The van der Waals surface area contributed by atoms with Crippen LogP contribution in [0, 0.1) is 6.92 Å². The fourth-order valence-electron chi connectivity index (χ4n) is 2.25. The molecule has 1 heterocycles. The van der Waals surface area contributed by atoms with Crippen LogP contribution in [0.1, 0.15) is 32.8 Å². The molecule has 0 bridgehead atoms. The van der Waals surface area contributed by atoms with E-state index in [0.717, 1.165) is 0 Å². The maximum absolute atomic E-state index is 11.7. The number of nitrogens with one attached hydrogen (secondary N) is 1. The minimum Gasteiger partial charge on any atom is -0.374 e. The molecule has 0 radical (unpaired) electrons. The van der Waals surface area contributed by atoms with Crippen LogP contribution in [-0.4, -0.2) is 38.2 Å². The molecule has 0 fully saturated rings. The highest BCUT2D eigenvalue weighted by Crippen LogP contribution is 2.18. The predicted octanol–water partition coefficient (Wildman–Crippen LogP) is 1.28. The van der Waals surface area contributed by atoms with E-state index in [-0.39, 0.29) is 5.56 Å². The molecule has 22 heavy (non-hydrogen) atoms. The zero-order valence-electron chi connectivity index (χ0n) is 13.8. The van der Waals surface area contributed by atoms with Gasteiger partial charge in [-0.2, -0.15) is 0 Å². The molecule has 7 nitrogen and oxygen atoms in total.